The summed E-state index contributed by atoms with van der Waals surface area (Å²) in [5.41, 5.74) is 1.18. The highest BCUT2D eigenvalue weighted by molar-refractivity contribution is 7.89. The van der Waals surface area contributed by atoms with Crippen LogP contribution >= 0.6 is 0 Å². The predicted molar refractivity (Wildman–Crippen MR) is 137 cm³/mol. The zero-order valence-electron chi connectivity index (χ0n) is 22.0. The number of piperidine rings is 1. The van der Waals surface area contributed by atoms with Crippen molar-refractivity contribution in [3.63, 3.8) is 0 Å². The maximum absolute atomic E-state index is 13.5. The maximum Gasteiger partial charge on any atom is 0.416 e. The lowest BCUT2D eigenvalue weighted by molar-refractivity contribution is -0.138. The fourth-order valence-corrected chi connectivity index (χ4v) is 7.48. The number of fused-ring (bicyclic) bond motifs is 1. The molecular weight excluding hydrogens is 519 g/mol. The molecule has 7 nitrogen and oxygen atoms in total. The average molecular weight is 554 g/mol. The van der Waals surface area contributed by atoms with Crippen LogP contribution in [0, 0.1) is 0 Å². The molecule has 1 saturated heterocycles. The van der Waals surface area contributed by atoms with Gasteiger partial charge in [-0.15, -0.1) is 0 Å². The third-order valence-corrected chi connectivity index (χ3v) is 9.63. The molecule has 1 fully saturated rings. The fraction of sp³-hybridized carbons (Fsp3) is 0.519. The van der Waals surface area contributed by atoms with Crippen LogP contribution in [0.3, 0.4) is 0 Å². The average Bonchev–Trinajstić information content (AvgIpc) is 2.88. The second-order valence-corrected chi connectivity index (χ2v) is 12.1. The Morgan fingerprint density at radius 1 is 1.13 bits per heavy atom. The van der Waals surface area contributed by atoms with Crippen LogP contribution in [0.5, 0.6) is 5.75 Å². The molecule has 1 amide bonds. The zero-order chi connectivity index (χ0) is 27.8. The van der Waals surface area contributed by atoms with E-state index >= 15 is 0 Å². The minimum atomic E-state index is -4.64. The number of hydrogen-bond donors (Lipinski definition) is 1. The van der Waals surface area contributed by atoms with Gasteiger partial charge in [-0.1, -0.05) is 19.1 Å². The lowest BCUT2D eigenvalue weighted by atomic mass is 9.85. The van der Waals surface area contributed by atoms with Crippen molar-refractivity contribution in [2.75, 3.05) is 20.2 Å². The van der Waals surface area contributed by atoms with Crippen molar-refractivity contribution < 1.29 is 31.1 Å². The molecule has 0 aliphatic carbocycles. The van der Waals surface area contributed by atoms with Crippen molar-refractivity contribution >= 4 is 15.9 Å². The van der Waals surface area contributed by atoms with Gasteiger partial charge >= 0.3 is 6.18 Å². The van der Waals surface area contributed by atoms with Gasteiger partial charge in [0.1, 0.15) is 5.75 Å². The molecule has 0 aromatic heterocycles. The van der Waals surface area contributed by atoms with Crippen LogP contribution in [0.25, 0.3) is 0 Å². The highest BCUT2D eigenvalue weighted by Gasteiger charge is 2.40. The number of benzene rings is 2. The molecule has 1 unspecified atom stereocenters. The van der Waals surface area contributed by atoms with Gasteiger partial charge in [-0.05, 0) is 68.1 Å². The number of nitrogens with one attached hydrogen (secondary N) is 1. The summed E-state index contributed by atoms with van der Waals surface area (Å²) in [6, 6.07) is 8.40. The number of hydrogen-bond acceptors (Lipinski definition) is 5. The van der Waals surface area contributed by atoms with E-state index in [0.717, 1.165) is 29.0 Å². The first-order valence-electron chi connectivity index (χ1n) is 12.7. The van der Waals surface area contributed by atoms with Crippen LogP contribution in [0.15, 0.2) is 47.4 Å². The number of rotatable bonds is 6. The van der Waals surface area contributed by atoms with Gasteiger partial charge in [0.2, 0.25) is 15.9 Å². The molecule has 0 radical (unpaired) electrons. The Balaban J connectivity index is 1.48. The van der Waals surface area contributed by atoms with Crippen LogP contribution in [0.1, 0.15) is 56.2 Å². The normalized spacial score (nSPS) is 21.0. The van der Waals surface area contributed by atoms with E-state index in [4.69, 9.17) is 4.74 Å². The van der Waals surface area contributed by atoms with Crippen LogP contribution in [0.4, 0.5) is 13.2 Å². The molecule has 38 heavy (non-hydrogen) atoms. The van der Waals surface area contributed by atoms with Crippen molar-refractivity contribution in [3.05, 3.63) is 59.2 Å². The lowest BCUT2D eigenvalue weighted by Crippen LogP contribution is -2.55. The first-order valence-corrected chi connectivity index (χ1v) is 14.2. The Hall–Kier alpha value is -2.63. The minimum absolute atomic E-state index is 0.0405. The summed E-state index contributed by atoms with van der Waals surface area (Å²) in [6.45, 7) is 6.71. The molecule has 2 aliphatic heterocycles. The molecule has 2 heterocycles. The molecule has 2 aromatic rings. The molecule has 0 spiro atoms. The van der Waals surface area contributed by atoms with Gasteiger partial charge in [-0.3, -0.25) is 4.79 Å². The van der Waals surface area contributed by atoms with E-state index in [1.807, 2.05) is 25.1 Å². The first kappa shape index (κ1) is 28.4. The molecular formula is C27H34F3N3O4S. The van der Waals surface area contributed by atoms with Gasteiger partial charge in [-0.25, -0.2) is 8.42 Å². The standard InChI is InChI=1S/C27H34F3N3O4S/c1-17(2)33(38(35,36)23-7-5-6-20(14-23)27(28,29)30)21-10-12-32(13-11-21)26(34)25-18(3)24-15-22(37-4)9-8-19(24)16-31-25/h5-9,14-15,17-18,21,25,31H,10-13,16H2,1-4H3/t18?,25-/m0/s1. The van der Waals surface area contributed by atoms with E-state index < -0.39 is 39.9 Å². The highest BCUT2D eigenvalue weighted by atomic mass is 32.2. The number of methoxy groups -OCH3 is 1. The van der Waals surface area contributed by atoms with E-state index in [-0.39, 0.29) is 16.7 Å². The number of alkyl halides is 3. The molecule has 208 valence electrons. The van der Waals surface area contributed by atoms with Crippen molar-refractivity contribution in [1.29, 1.82) is 0 Å². The zero-order valence-corrected chi connectivity index (χ0v) is 22.8. The van der Waals surface area contributed by atoms with Crippen molar-refractivity contribution in [3.8, 4) is 5.75 Å². The molecule has 0 bridgehead atoms. The lowest BCUT2D eigenvalue weighted by Gasteiger charge is -2.42. The highest BCUT2D eigenvalue weighted by Crippen LogP contribution is 2.34. The summed E-state index contributed by atoms with van der Waals surface area (Å²) >= 11 is 0. The summed E-state index contributed by atoms with van der Waals surface area (Å²) in [5, 5.41) is 3.34. The Labute approximate surface area is 222 Å². The smallest absolute Gasteiger partial charge is 0.416 e. The number of halogens is 3. The minimum Gasteiger partial charge on any atom is -0.497 e. The number of amides is 1. The van der Waals surface area contributed by atoms with Crippen LogP contribution < -0.4 is 10.1 Å². The molecule has 2 atom stereocenters. The van der Waals surface area contributed by atoms with Gasteiger partial charge in [0.05, 0.1) is 23.6 Å². The topological polar surface area (TPSA) is 79.0 Å². The molecule has 1 N–H and O–H groups in total. The van der Waals surface area contributed by atoms with Gasteiger partial charge in [0.15, 0.2) is 0 Å². The monoisotopic (exact) mass is 553 g/mol. The third kappa shape index (κ3) is 5.55. The van der Waals surface area contributed by atoms with E-state index in [9.17, 15) is 26.4 Å². The van der Waals surface area contributed by atoms with Gasteiger partial charge < -0.3 is 15.0 Å². The van der Waals surface area contributed by atoms with Crippen molar-refractivity contribution in [2.45, 2.75) is 75.3 Å². The Bertz CT molecular complexity index is 1270. The molecule has 0 saturated carbocycles. The summed E-state index contributed by atoms with van der Waals surface area (Å²) < 4.78 is 73.3. The van der Waals surface area contributed by atoms with Gasteiger partial charge in [-0.2, -0.15) is 17.5 Å². The summed E-state index contributed by atoms with van der Waals surface area (Å²) in [4.78, 5) is 14.9. The van der Waals surface area contributed by atoms with E-state index in [2.05, 4.69) is 5.32 Å². The first-order chi connectivity index (χ1) is 17.8. The number of nitrogens with zero attached hydrogens (tertiary/aromatic N) is 2. The Kier molecular flexibility index (Phi) is 8.11. The molecule has 4 rings (SSSR count). The van der Waals surface area contributed by atoms with Crippen LogP contribution in [0.2, 0.25) is 0 Å². The quantitative estimate of drug-likeness (QED) is 0.575. The number of carbonyl (C=O) groups is 1. The SMILES string of the molecule is COc1ccc2c(c1)C(C)[C@@H](C(=O)N1CCC(N(C(C)C)S(=O)(=O)c3cccc(C(F)(F)F)c3)CC1)NC2. The van der Waals surface area contributed by atoms with Crippen LogP contribution in [-0.2, 0) is 27.5 Å². The van der Waals surface area contributed by atoms with E-state index in [1.165, 1.54) is 10.4 Å². The van der Waals surface area contributed by atoms with Gasteiger partial charge in [0.25, 0.3) is 0 Å². The fourth-order valence-electron chi connectivity index (χ4n) is 5.55. The van der Waals surface area contributed by atoms with Crippen LogP contribution in [-0.4, -0.2) is 61.9 Å². The number of ether oxygens (including phenoxy) is 1. The largest absolute Gasteiger partial charge is 0.497 e. The Morgan fingerprint density at radius 3 is 2.42 bits per heavy atom. The second kappa shape index (κ2) is 10.9. The molecule has 11 heteroatoms. The number of carbonyl (C=O) groups excluding carboxylic acids is 1. The third-order valence-electron chi connectivity index (χ3n) is 7.50. The molecule has 2 aliphatic rings. The van der Waals surface area contributed by atoms with Gasteiger partial charge in [0, 0.05) is 37.6 Å². The Morgan fingerprint density at radius 2 is 1.82 bits per heavy atom. The van der Waals surface area contributed by atoms with Crippen molar-refractivity contribution in [1.82, 2.24) is 14.5 Å². The number of likely N-dealkylation sites (tertiary alicyclic amines) is 1. The molecule has 2 aromatic carbocycles. The van der Waals surface area contributed by atoms with E-state index in [1.54, 1.807) is 25.9 Å². The summed E-state index contributed by atoms with van der Waals surface area (Å²) in [5.74, 6) is 0.619. The van der Waals surface area contributed by atoms with E-state index in [0.29, 0.717) is 38.5 Å². The second-order valence-electron chi connectivity index (χ2n) is 10.2. The van der Waals surface area contributed by atoms with Crippen molar-refractivity contribution in [2.24, 2.45) is 0 Å². The maximum atomic E-state index is 13.5. The number of sulfonamides is 1. The predicted octanol–water partition coefficient (Wildman–Crippen LogP) is 4.38. The summed E-state index contributed by atoms with van der Waals surface area (Å²) in [6.07, 6.45) is -3.85. The summed E-state index contributed by atoms with van der Waals surface area (Å²) in [7, 11) is -2.58.